The maximum atomic E-state index is 2.62. The Kier molecular flexibility index (Phi) is 16.5. The standard InChI is InChI=1S/CH3Se.3CH3.Sn/c1-2;;;;/h1H3;3*1H3;. The van der Waals surface area contributed by atoms with Crippen LogP contribution in [0.3, 0.4) is 0 Å². The molecular formula is C4H12SeSn. The fourth-order valence-corrected chi connectivity index (χ4v) is 0. The summed E-state index contributed by atoms with van der Waals surface area (Å²) in [5.74, 6) is 1.88. The van der Waals surface area contributed by atoms with Crippen molar-refractivity contribution in [1.29, 1.82) is 0 Å². The Hall–Kier alpha value is 1.32. The van der Waals surface area contributed by atoms with Crippen LogP contribution < -0.4 is 0 Å². The van der Waals surface area contributed by atoms with Gasteiger partial charge in [0.2, 0.25) is 0 Å². The third-order valence-corrected chi connectivity index (χ3v) is 0. The van der Waals surface area contributed by atoms with E-state index in [4.69, 9.17) is 0 Å². The molecule has 0 nitrogen and oxygen atoms in total. The van der Waals surface area contributed by atoms with Gasteiger partial charge >= 0.3 is 56.4 Å². The van der Waals surface area contributed by atoms with Crippen LogP contribution in [0.2, 0.25) is 20.6 Å². The monoisotopic (exact) mass is 260 g/mol. The third kappa shape index (κ3) is 57.1. The van der Waals surface area contributed by atoms with Gasteiger partial charge < -0.3 is 0 Å². The number of rotatable bonds is 0. The van der Waals surface area contributed by atoms with Gasteiger partial charge in [0.25, 0.3) is 0 Å². The maximum absolute atomic E-state index is 2.62. The first-order valence-corrected chi connectivity index (χ1v) is 12.2. The predicted octanol–water partition coefficient (Wildman–Crippen LogP) is 1.57. The van der Waals surface area contributed by atoms with Gasteiger partial charge in [-0.25, -0.2) is 0 Å². The van der Waals surface area contributed by atoms with E-state index in [-0.39, 0.29) is 0 Å². The molecule has 0 aliphatic rings. The summed E-state index contributed by atoms with van der Waals surface area (Å²) in [4.78, 5) is 7.09. The minimum atomic E-state index is -0.543. The van der Waals surface area contributed by atoms with Crippen LogP contribution >= 0.6 is 0 Å². The molecule has 0 aromatic heterocycles. The van der Waals surface area contributed by atoms with E-state index in [0.717, 1.165) is 0 Å². The Morgan fingerprint density at radius 1 is 1.00 bits per heavy atom. The van der Waals surface area contributed by atoms with E-state index in [0.29, 0.717) is 0 Å². The second-order valence-corrected chi connectivity index (χ2v) is 10.1. The zero-order valence-electron chi connectivity index (χ0n) is 4.91. The van der Waals surface area contributed by atoms with E-state index in [1.165, 1.54) is 0 Å². The van der Waals surface area contributed by atoms with Crippen molar-refractivity contribution < 1.29 is 0 Å². The first kappa shape index (κ1) is 10.3. The molecule has 0 fully saturated rings. The van der Waals surface area contributed by atoms with Gasteiger partial charge in [0.1, 0.15) is 0 Å². The fourth-order valence-electron chi connectivity index (χ4n) is 0. The van der Waals surface area contributed by atoms with Gasteiger partial charge in [-0.05, 0) is 0 Å². The van der Waals surface area contributed by atoms with Gasteiger partial charge in [-0.15, -0.1) is 0 Å². The van der Waals surface area contributed by atoms with Gasteiger partial charge in [0.05, 0.1) is 0 Å². The number of hydrogen-bond donors (Lipinski definition) is 0. The predicted molar refractivity (Wildman–Crippen MR) is 35.0 cm³/mol. The van der Waals surface area contributed by atoms with Gasteiger partial charge in [-0.1, -0.05) is 0 Å². The fraction of sp³-hybridized carbons (Fsp3) is 1.00. The molecule has 0 aromatic rings. The van der Waals surface area contributed by atoms with Crippen molar-refractivity contribution >= 4 is 35.8 Å². The van der Waals surface area contributed by atoms with Gasteiger partial charge in [0.15, 0.2) is 0 Å². The van der Waals surface area contributed by atoms with Crippen LogP contribution in [0, 0.1) is 0 Å². The van der Waals surface area contributed by atoms with E-state index < -0.39 is 19.8 Å². The Bertz CT molecular complexity index is 12.3. The topological polar surface area (TPSA) is 0 Å². The molecule has 0 aliphatic carbocycles. The minimum absolute atomic E-state index is 0.543. The summed E-state index contributed by atoms with van der Waals surface area (Å²) in [6, 6.07) is 0. The second kappa shape index (κ2) is 9.58. The molecule has 2 radical (unpaired) electrons. The molecule has 38 valence electrons. The van der Waals surface area contributed by atoms with E-state index in [1.54, 1.807) is 0 Å². The average molecular weight is 258 g/mol. The Morgan fingerprint density at radius 2 is 1.00 bits per heavy atom. The third-order valence-electron chi connectivity index (χ3n) is 0. The van der Waals surface area contributed by atoms with Crippen LogP contribution in [-0.4, -0.2) is 35.8 Å². The molecular weight excluding hydrogens is 246 g/mol. The SMILES string of the molecule is C[Se].[CH3][Sn]([CH3])[CH3]. The molecule has 0 unspecified atom stereocenters. The Labute approximate surface area is 56.3 Å². The molecule has 0 rings (SSSR count). The molecule has 0 aliphatic heterocycles. The van der Waals surface area contributed by atoms with Crippen molar-refractivity contribution in [2.45, 2.75) is 20.6 Å². The summed E-state index contributed by atoms with van der Waals surface area (Å²) in [5, 5.41) is 0. The molecule has 0 N–H and O–H groups in total. The molecule has 2 heteroatoms. The van der Waals surface area contributed by atoms with Crippen LogP contribution in [0.15, 0.2) is 0 Å². The van der Waals surface area contributed by atoms with E-state index >= 15 is 0 Å². The Morgan fingerprint density at radius 3 is 1.00 bits per heavy atom. The summed E-state index contributed by atoms with van der Waals surface area (Å²) in [6.07, 6.45) is 0. The zero-order valence-corrected chi connectivity index (χ0v) is 9.48. The van der Waals surface area contributed by atoms with Crippen molar-refractivity contribution in [3.8, 4) is 0 Å². The molecule has 0 saturated heterocycles. The summed E-state index contributed by atoms with van der Waals surface area (Å²) in [6.45, 7) is 0. The van der Waals surface area contributed by atoms with Gasteiger partial charge in [-0.3, -0.25) is 0 Å². The molecule has 0 atom stereocenters. The molecule has 0 heterocycles. The molecule has 0 aromatic carbocycles. The van der Waals surface area contributed by atoms with Crippen LogP contribution in [0.25, 0.3) is 0 Å². The summed E-state index contributed by atoms with van der Waals surface area (Å²) in [7, 11) is 0. The van der Waals surface area contributed by atoms with Crippen LogP contribution in [-0.2, 0) is 0 Å². The Balaban J connectivity index is 0. The van der Waals surface area contributed by atoms with Gasteiger partial charge in [0, 0.05) is 0 Å². The van der Waals surface area contributed by atoms with Crippen LogP contribution in [0.1, 0.15) is 0 Å². The van der Waals surface area contributed by atoms with Crippen molar-refractivity contribution in [1.82, 2.24) is 0 Å². The summed E-state index contributed by atoms with van der Waals surface area (Å²) >= 11 is 2.08. The normalized spacial score (nSPS) is 7.00. The molecule has 0 saturated carbocycles. The number of hydrogen-bond acceptors (Lipinski definition) is 0. The van der Waals surface area contributed by atoms with Crippen molar-refractivity contribution in [2.24, 2.45) is 0 Å². The van der Waals surface area contributed by atoms with Crippen LogP contribution in [0.4, 0.5) is 0 Å². The quantitative estimate of drug-likeness (QED) is 0.578. The van der Waals surface area contributed by atoms with Crippen LogP contribution in [0.5, 0.6) is 0 Å². The van der Waals surface area contributed by atoms with E-state index in [2.05, 4.69) is 30.8 Å². The molecule has 6 heavy (non-hydrogen) atoms. The second-order valence-electron chi connectivity index (χ2n) is 1.50. The zero-order chi connectivity index (χ0) is 5.58. The van der Waals surface area contributed by atoms with Crippen molar-refractivity contribution in [2.75, 3.05) is 0 Å². The molecule has 0 bridgehead atoms. The first-order chi connectivity index (χ1) is 2.73. The molecule has 0 amide bonds. The summed E-state index contributed by atoms with van der Waals surface area (Å²) in [5.41, 5.74) is 0. The van der Waals surface area contributed by atoms with E-state index in [1.807, 2.05) is 5.82 Å². The first-order valence-electron chi connectivity index (χ1n) is 1.91. The van der Waals surface area contributed by atoms with Crippen molar-refractivity contribution in [3.05, 3.63) is 0 Å². The molecule has 0 spiro atoms. The van der Waals surface area contributed by atoms with Crippen molar-refractivity contribution in [3.63, 3.8) is 0 Å². The summed E-state index contributed by atoms with van der Waals surface area (Å²) < 4.78 is 0. The average Bonchev–Trinajstić information content (AvgIpc) is 1.41. The van der Waals surface area contributed by atoms with E-state index in [9.17, 15) is 0 Å². The van der Waals surface area contributed by atoms with Gasteiger partial charge in [-0.2, -0.15) is 0 Å².